The highest BCUT2D eigenvalue weighted by molar-refractivity contribution is 5.49. The molecular formula is C22H35N5O. The summed E-state index contributed by atoms with van der Waals surface area (Å²) in [5.41, 5.74) is 9.30. The van der Waals surface area contributed by atoms with Gasteiger partial charge in [0.15, 0.2) is 0 Å². The third kappa shape index (κ3) is 7.35. The molecule has 0 unspecified atom stereocenters. The van der Waals surface area contributed by atoms with Crippen LogP contribution in [0.2, 0.25) is 0 Å². The molecule has 0 amide bonds. The zero-order valence-electron chi connectivity index (χ0n) is 17.8. The van der Waals surface area contributed by atoms with Crippen molar-refractivity contribution in [2.75, 3.05) is 44.8 Å². The van der Waals surface area contributed by atoms with Crippen LogP contribution in [0.1, 0.15) is 49.4 Å². The van der Waals surface area contributed by atoms with Gasteiger partial charge in [0.1, 0.15) is 11.6 Å². The summed E-state index contributed by atoms with van der Waals surface area (Å²) >= 11 is 0. The Balaban J connectivity index is 1.91. The van der Waals surface area contributed by atoms with Crippen LogP contribution in [0, 0.1) is 6.92 Å². The molecule has 0 atom stereocenters. The minimum Gasteiger partial charge on any atom is -0.494 e. The van der Waals surface area contributed by atoms with Gasteiger partial charge in [-0.2, -0.15) is 4.98 Å². The second kappa shape index (κ2) is 11.5. The molecule has 0 aliphatic rings. The zero-order chi connectivity index (χ0) is 20.4. The van der Waals surface area contributed by atoms with Crippen LogP contribution in [0.4, 0.5) is 11.8 Å². The quantitative estimate of drug-likeness (QED) is 0.540. The second-order valence-electron chi connectivity index (χ2n) is 7.46. The van der Waals surface area contributed by atoms with Crippen molar-refractivity contribution >= 4 is 11.8 Å². The Hall–Kier alpha value is -2.34. The van der Waals surface area contributed by atoms with E-state index < -0.39 is 0 Å². The van der Waals surface area contributed by atoms with Crippen molar-refractivity contribution in [3.05, 3.63) is 41.1 Å². The summed E-state index contributed by atoms with van der Waals surface area (Å²) in [5.74, 6) is 2.07. The molecule has 0 saturated heterocycles. The van der Waals surface area contributed by atoms with Gasteiger partial charge >= 0.3 is 0 Å². The fourth-order valence-corrected chi connectivity index (χ4v) is 2.97. The Labute approximate surface area is 169 Å². The van der Waals surface area contributed by atoms with E-state index in [0.29, 0.717) is 18.2 Å². The third-order valence-corrected chi connectivity index (χ3v) is 4.63. The van der Waals surface area contributed by atoms with Crippen molar-refractivity contribution < 1.29 is 4.74 Å². The smallest absolute Gasteiger partial charge is 0.224 e. The van der Waals surface area contributed by atoms with Crippen LogP contribution in [0.5, 0.6) is 5.75 Å². The number of nitrogens with two attached hydrogens (primary N) is 1. The minimum absolute atomic E-state index is 0.550. The van der Waals surface area contributed by atoms with Crippen molar-refractivity contribution in [2.24, 2.45) is 0 Å². The minimum atomic E-state index is 0.550. The molecule has 6 nitrogen and oxygen atoms in total. The van der Waals surface area contributed by atoms with E-state index in [-0.39, 0.29) is 0 Å². The number of aromatic nitrogens is 2. The number of nitrogen functional groups attached to an aromatic ring is 1. The highest BCUT2D eigenvalue weighted by Crippen LogP contribution is 2.21. The number of hydrogen-bond donors (Lipinski definition) is 2. The second-order valence-corrected chi connectivity index (χ2v) is 7.46. The average molecular weight is 386 g/mol. The van der Waals surface area contributed by atoms with E-state index in [1.54, 1.807) is 0 Å². The van der Waals surface area contributed by atoms with Gasteiger partial charge in [-0.1, -0.05) is 31.9 Å². The first kappa shape index (κ1) is 22.0. The maximum absolute atomic E-state index is 6.22. The first-order chi connectivity index (χ1) is 13.5. The molecule has 28 heavy (non-hydrogen) atoms. The average Bonchev–Trinajstić information content (AvgIpc) is 2.66. The highest BCUT2D eigenvalue weighted by Gasteiger charge is 2.10. The molecule has 2 rings (SSSR count). The monoisotopic (exact) mass is 385 g/mol. The lowest BCUT2D eigenvalue weighted by atomic mass is 10.0. The van der Waals surface area contributed by atoms with Crippen LogP contribution in [-0.4, -0.2) is 48.7 Å². The van der Waals surface area contributed by atoms with Gasteiger partial charge in [0, 0.05) is 30.8 Å². The number of nitrogens with one attached hydrogen (secondary N) is 1. The van der Waals surface area contributed by atoms with Crippen LogP contribution in [0.15, 0.2) is 24.3 Å². The first-order valence-corrected chi connectivity index (χ1v) is 10.2. The number of hydrogen-bond acceptors (Lipinski definition) is 6. The van der Waals surface area contributed by atoms with Gasteiger partial charge < -0.3 is 20.7 Å². The molecule has 0 radical (unpaired) electrons. The van der Waals surface area contributed by atoms with E-state index >= 15 is 0 Å². The summed E-state index contributed by atoms with van der Waals surface area (Å²) in [5, 5.41) is 3.27. The molecule has 0 fully saturated rings. The molecule has 154 valence electrons. The Bertz CT molecular complexity index is 692. The molecule has 0 saturated carbocycles. The van der Waals surface area contributed by atoms with Gasteiger partial charge in [-0.3, -0.25) is 0 Å². The lowest BCUT2D eigenvalue weighted by Crippen LogP contribution is -2.15. The van der Waals surface area contributed by atoms with Gasteiger partial charge in [-0.25, -0.2) is 4.98 Å². The van der Waals surface area contributed by atoms with E-state index in [1.165, 1.54) is 18.4 Å². The number of unbranched alkanes of at least 4 members (excludes halogenated alkanes) is 2. The Morgan fingerprint density at radius 3 is 2.46 bits per heavy atom. The highest BCUT2D eigenvalue weighted by atomic mass is 16.5. The van der Waals surface area contributed by atoms with Crippen LogP contribution in [0.3, 0.4) is 0 Å². The summed E-state index contributed by atoms with van der Waals surface area (Å²) in [6.07, 6.45) is 5.25. The maximum atomic E-state index is 6.22. The van der Waals surface area contributed by atoms with Crippen LogP contribution < -0.4 is 15.8 Å². The fourth-order valence-electron chi connectivity index (χ4n) is 2.97. The number of anilines is 2. The van der Waals surface area contributed by atoms with E-state index in [1.807, 2.05) is 19.1 Å². The molecule has 0 bridgehead atoms. The molecule has 0 aliphatic heterocycles. The number of rotatable bonds is 12. The summed E-state index contributed by atoms with van der Waals surface area (Å²) in [6, 6.07) is 8.19. The van der Waals surface area contributed by atoms with Crippen LogP contribution in [0.25, 0.3) is 0 Å². The Morgan fingerprint density at radius 1 is 1.07 bits per heavy atom. The lowest BCUT2D eigenvalue weighted by Gasteiger charge is -2.13. The zero-order valence-corrected chi connectivity index (χ0v) is 17.8. The van der Waals surface area contributed by atoms with Gasteiger partial charge in [0.25, 0.3) is 0 Å². The molecule has 0 aliphatic carbocycles. The van der Waals surface area contributed by atoms with E-state index in [0.717, 1.165) is 49.5 Å². The predicted molar refractivity (Wildman–Crippen MR) is 117 cm³/mol. The Kier molecular flexibility index (Phi) is 9.01. The molecule has 6 heteroatoms. The summed E-state index contributed by atoms with van der Waals surface area (Å²) in [7, 11) is 4.14. The molecule has 1 aromatic heterocycles. The standard InChI is InChI=1S/C22H35N5O/c1-5-6-7-13-24-22-25-17(2)20(21(23)26-22)16-18-9-11-19(12-10-18)28-15-8-14-27(3)4/h9-12H,5-8,13-16H2,1-4H3,(H3,23,24,25,26). The Morgan fingerprint density at radius 2 is 1.82 bits per heavy atom. The van der Waals surface area contributed by atoms with Crippen molar-refractivity contribution in [1.29, 1.82) is 0 Å². The van der Waals surface area contributed by atoms with Crippen molar-refractivity contribution in [3.8, 4) is 5.75 Å². The van der Waals surface area contributed by atoms with Gasteiger partial charge in [-0.15, -0.1) is 0 Å². The molecule has 1 aromatic carbocycles. The molecule has 0 spiro atoms. The summed E-state index contributed by atoms with van der Waals surface area (Å²) < 4.78 is 5.80. The number of aryl methyl sites for hydroxylation is 1. The molecule has 1 heterocycles. The number of ether oxygens (including phenoxy) is 1. The van der Waals surface area contributed by atoms with Crippen LogP contribution in [-0.2, 0) is 6.42 Å². The van der Waals surface area contributed by atoms with E-state index in [2.05, 4.69) is 53.3 Å². The molecule has 2 aromatic rings. The van der Waals surface area contributed by atoms with Crippen molar-refractivity contribution in [2.45, 2.75) is 46.0 Å². The topological polar surface area (TPSA) is 76.3 Å². The van der Waals surface area contributed by atoms with Crippen LogP contribution >= 0.6 is 0 Å². The SMILES string of the molecule is CCCCCNc1nc(C)c(Cc2ccc(OCCCN(C)C)cc2)c(N)n1. The summed E-state index contributed by atoms with van der Waals surface area (Å²) in [4.78, 5) is 11.2. The third-order valence-electron chi connectivity index (χ3n) is 4.63. The number of benzene rings is 1. The largest absolute Gasteiger partial charge is 0.494 e. The molecular weight excluding hydrogens is 350 g/mol. The van der Waals surface area contributed by atoms with E-state index in [4.69, 9.17) is 10.5 Å². The number of nitrogens with zero attached hydrogens (tertiary/aromatic N) is 3. The maximum Gasteiger partial charge on any atom is 0.224 e. The van der Waals surface area contributed by atoms with Crippen molar-refractivity contribution in [3.63, 3.8) is 0 Å². The summed E-state index contributed by atoms with van der Waals surface area (Å²) in [6.45, 7) is 6.82. The van der Waals surface area contributed by atoms with Gasteiger partial charge in [-0.05, 0) is 51.6 Å². The first-order valence-electron chi connectivity index (χ1n) is 10.2. The predicted octanol–water partition coefficient (Wildman–Crippen LogP) is 3.89. The van der Waals surface area contributed by atoms with E-state index in [9.17, 15) is 0 Å². The van der Waals surface area contributed by atoms with Gasteiger partial charge in [0.05, 0.1) is 6.61 Å². The fraction of sp³-hybridized carbons (Fsp3) is 0.545. The van der Waals surface area contributed by atoms with Gasteiger partial charge in [0.2, 0.25) is 5.95 Å². The van der Waals surface area contributed by atoms with Crippen molar-refractivity contribution in [1.82, 2.24) is 14.9 Å². The lowest BCUT2D eigenvalue weighted by molar-refractivity contribution is 0.281. The normalized spacial score (nSPS) is 11.0. The molecule has 3 N–H and O–H groups in total.